The summed E-state index contributed by atoms with van der Waals surface area (Å²) in [4.78, 5) is 14.6. The Kier molecular flexibility index (Phi) is 4.22. The number of para-hydroxylation sites is 1. The molecule has 0 bridgehead atoms. The van der Waals surface area contributed by atoms with Crippen LogP contribution in [0.1, 0.15) is 24.1 Å². The summed E-state index contributed by atoms with van der Waals surface area (Å²) in [5.74, 6) is 1.54. The fourth-order valence-corrected chi connectivity index (χ4v) is 3.44. The second-order valence-corrected chi connectivity index (χ2v) is 6.49. The molecule has 0 unspecified atom stereocenters. The van der Waals surface area contributed by atoms with Gasteiger partial charge in [-0.25, -0.2) is 0 Å². The van der Waals surface area contributed by atoms with Gasteiger partial charge in [-0.2, -0.15) is 0 Å². The molecule has 0 fully saturated rings. The molecule has 0 saturated heterocycles. The zero-order chi connectivity index (χ0) is 17.2. The molecule has 1 N–H and O–H groups in total. The monoisotopic (exact) mass is 338 g/mol. The van der Waals surface area contributed by atoms with Gasteiger partial charge in [0.25, 0.3) is 0 Å². The Labute approximate surface area is 147 Å². The third-order valence-electron chi connectivity index (χ3n) is 4.76. The van der Waals surface area contributed by atoms with Crippen LogP contribution in [0.15, 0.2) is 42.5 Å². The molecule has 130 valence electrons. The SMILES string of the molecule is C[C@H](NC(=O)CN1CCc2ccccc21)c1ccc2c(c1)OCCO2. The normalized spacial score (nSPS) is 16.3. The van der Waals surface area contributed by atoms with Crippen molar-refractivity contribution in [1.29, 1.82) is 0 Å². The zero-order valence-corrected chi connectivity index (χ0v) is 14.3. The number of carbonyl (C=O) groups excluding carboxylic acids is 1. The van der Waals surface area contributed by atoms with Gasteiger partial charge in [0.2, 0.25) is 5.91 Å². The number of ether oxygens (including phenoxy) is 2. The summed E-state index contributed by atoms with van der Waals surface area (Å²) in [6, 6.07) is 14.0. The summed E-state index contributed by atoms with van der Waals surface area (Å²) in [6.45, 7) is 4.40. The van der Waals surface area contributed by atoms with Gasteiger partial charge in [0.15, 0.2) is 11.5 Å². The number of fused-ring (bicyclic) bond motifs is 2. The molecule has 1 amide bonds. The van der Waals surface area contributed by atoms with E-state index in [0.29, 0.717) is 19.8 Å². The minimum Gasteiger partial charge on any atom is -0.486 e. The maximum Gasteiger partial charge on any atom is 0.239 e. The number of rotatable bonds is 4. The van der Waals surface area contributed by atoms with E-state index in [2.05, 4.69) is 22.3 Å². The van der Waals surface area contributed by atoms with E-state index in [-0.39, 0.29) is 11.9 Å². The first-order valence-electron chi connectivity index (χ1n) is 8.72. The smallest absolute Gasteiger partial charge is 0.239 e. The number of hydrogen-bond donors (Lipinski definition) is 1. The highest BCUT2D eigenvalue weighted by Crippen LogP contribution is 2.32. The maximum absolute atomic E-state index is 12.5. The van der Waals surface area contributed by atoms with Crippen LogP contribution in [0.25, 0.3) is 0 Å². The molecule has 2 aromatic carbocycles. The van der Waals surface area contributed by atoms with Crippen molar-refractivity contribution in [2.75, 3.05) is 31.2 Å². The summed E-state index contributed by atoms with van der Waals surface area (Å²) in [5, 5.41) is 3.08. The Morgan fingerprint density at radius 3 is 2.84 bits per heavy atom. The zero-order valence-electron chi connectivity index (χ0n) is 14.3. The van der Waals surface area contributed by atoms with E-state index in [9.17, 15) is 4.79 Å². The van der Waals surface area contributed by atoms with E-state index in [0.717, 1.165) is 30.0 Å². The van der Waals surface area contributed by atoms with Crippen molar-refractivity contribution in [3.8, 4) is 11.5 Å². The van der Waals surface area contributed by atoms with Crippen LogP contribution in [-0.2, 0) is 11.2 Å². The number of hydrogen-bond acceptors (Lipinski definition) is 4. The summed E-state index contributed by atoms with van der Waals surface area (Å²) in [5.41, 5.74) is 3.50. The van der Waals surface area contributed by atoms with Crippen LogP contribution >= 0.6 is 0 Å². The van der Waals surface area contributed by atoms with Crippen LogP contribution in [0.2, 0.25) is 0 Å². The van der Waals surface area contributed by atoms with Crippen molar-refractivity contribution < 1.29 is 14.3 Å². The van der Waals surface area contributed by atoms with Crippen molar-refractivity contribution in [3.63, 3.8) is 0 Å². The molecule has 0 aliphatic carbocycles. The molecule has 5 nitrogen and oxygen atoms in total. The Bertz CT molecular complexity index is 790. The number of carbonyl (C=O) groups is 1. The first-order valence-corrected chi connectivity index (χ1v) is 8.72. The molecule has 2 aromatic rings. The van der Waals surface area contributed by atoms with Gasteiger partial charge in [-0.3, -0.25) is 4.79 Å². The Balaban J connectivity index is 1.39. The largest absolute Gasteiger partial charge is 0.486 e. The standard InChI is InChI=1S/C20H22N2O3/c1-14(16-6-7-18-19(12-16)25-11-10-24-18)21-20(23)13-22-9-8-15-4-2-3-5-17(15)22/h2-7,12,14H,8-11,13H2,1H3,(H,21,23)/t14-/m0/s1. The lowest BCUT2D eigenvalue weighted by Crippen LogP contribution is -2.37. The predicted octanol–water partition coefficient (Wildman–Crippen LogP) is 2.70. The van der Waals surface area contributed by atoms with Gasteiger partial charge in [-0.05, 0) is 42.7 Å². The summed E-state index contributed by atoms with van der Waals surface area (Å²) >= 11 is 0. The maximum atomic E-state index is 12.5. The lowest BCUT2D eigenvalue weighted by atomic mass is 10.1. The van der Waals surface area contributed by atoms with Crippen LogP contribution in [-0.4, -0.2) is 32.2 Å². The number of nitrogens with one attached hydrogen (secondary N) is 1. The molecule has 0 saturated carbocycles. The third-order valence-corrected chi connectivity index (χ3v) is 4.76. The average Bonchev–Trinajstić information content (AvgIpc) is 3.04. The number of benzene rings is 2. The molecule has 0 radical (unpaired) electrons. The van der Waals surface area contributed by atoms with Crippen LogP contribution in [0.4, 0.5) is 5.69 Å². The van der Waals surface area contributed by atoms with E-state index < -0.39 is 0 Å². The highest BCUT2D eigenvalue weighted by Gasteiger charge is 2.22. The van der Waals surface area contributed by atoms with Gasteiger partial charge >= 0.3 is 0 Å². The fourth-order valence-electron chi connectivity index (χ4n) is 3.44. The van der Waals surface area contributed by atoms with Crippen LogP contribution in [0, 0.1) is 0 Å². The van der Waals surface area contributed by atoms with E-state index in [1.54, 1.807) is 0 Å². The number of amides is 1. The van der Waals surface area contributed by atoms with Crippen molar-refractivity contribution in [2.45, 2.75) is 19.4 Å². The average molecular weight is 338 g/mol. The van der Waals surface area contributed by atoms with E-state index in [1.807, 2.05) is 37.3 Å². The number of nitrogens with zero attached hydrogens (tertiary/aromatic N) is 1. The van der Waals surface area contributed by atoms with Crippen molar-refractivity contribution in [1.82, 2.24) is 5.32 Å². The Morgan fingerprint density at radius 1 is 1.16 bits per heavy atom. The first-order chi connectivity index (χ1) is 12.2. The predicted molar refractivity (Wildman–Crippen MR) is 96.3 cm³/mol. The highest BCUT2D eigenvalue weighted by molar-refractivity contribution is 5.82. The molecule has 2 aliphatic rings. The van der Waals surface area contributed by atoms with Gasteiger partial charge < -0.3 is 19.7 Å². The minimum atomic E-state index is -0.0822. The minimum absolute atomic E-state index is 0.0269. The molecule has 2 aliphatic heterocycles. The van der Waals surface area contributed by atoms with Gasteiger partial charge in [0.1, 0.15) is 13.2 Å². The molecule has 1 atom stereocenters. The molecule has 0 spiro atoms. The van der Waals surface area contributed by atoms with Gasteiger partial charge in [-0.15, -0.1) is 0 Å². The molecule has 25 heavy (non-hydrogen) atoms. The lowest BCUT2D eigenvalue weighted by molar-refractivity contribution is -0.120. The van der Waals surface area contributed by atoms with Crippen LogP contribution in [0.3, 0.4) is 0 Å². The molecule has 4 rings (SSSR count). The third kappa shape index (κ3) is 3.27. The fraction of sp³-hybridized carbons (Fsp3) is 0.350. The quantitative estimate of drug-likeness (QED) is 0.931. The van der Waals surface area contributed by atoms with Gasteiger partial charge in [-0.1, -0.05) is 24.3 Å². The molecule has 5 heteroatoms. The molecular weight excluding hydrogens is 316 g/mol. The van der Waals surface area contributed by atoms with Crippen molar-refractivity contribution in [3.05, 3.63) is 53.6 Å². The Morgan fingerprint density at radius 2 is 1.96 bits per heavy atom. The van der Waals surface area contributed by atoms with Gasteiger partial charge in [0, 0.05) is 12.2 Å². The topological polar surface area (TPSA) is 50.8 Å². The van der Waals surface area contributed by atoms with Crippen molar-refractivity contribution >= 4 is 11.6 Å². The van der Waals surface area contributed by atoms with Crippen LogP contribution in [0.5, 0.6) is 11.5 Å². The van der Waals surface area contributed by atoms with Gasteiger partial charge in [0.05, 0.1) is 12.6 Å². The number of anilines is 1. The summed E-state index contributed by atoms with van der Waals surface area (Å²) in [6.07, 6.45) is 1.00. The highest BCUT2D eigenvalue weighted by atomic mass is 16.6. The molecule has 2 heterocycles. The van der Waals surface area contributed by atoms with Crippen molar-refractivity contribution in [2.24, 2.45) is 0 Å². The second kappa shape index (κ2) is 6.67. The van der Waals surface area contributed by atoms with E-state index >= 15 is 0 Å². The van der Waals surface area contributed by atoms with Crippen LogP contribution < -0.4 is 19.7 Å². The molecular formula is C20H22N2O3. The van der Waals surface area contributed by atoms with E-state index in [4.69, 9.17) is 9.47 Å². The summed E-state index contributed by atoms with van der Waals surface area (Å²) in [7, 11) is 0. The molecule has 0 aromatic heterocycles. The Hall–Kier alpha value is -2.69. The second-order valence-electron chi connectivity index (χ2n) is 6.49. The first kappa shape index (κ1) is 15.8. The summed E-state index contributed by atoms with van der Waals surface area (Å²) < 4.78 is 11.2. The van der Waals surface area contributed by atoms with E-state index in [1.165, 1.54) is 11.3 Å². The lowest BCUT2D eigenvalue weighted by Gasteiger charge is -2.23.